The Bertz CT molecular complexity index is 841. The molecule has 0 aromatic heterocycles. The van der Waals surface area contributed by atoms with Gasteiger partial charge in [0.2, 0.25) is 5.91 Å². The van der Waals surface area contributed by atoms with Crippen LogP contribution in [0.15, 0.2) is 48.5 Å². The van der Waals surface area contributed by atoms with Crippen molar-refractivity contribution in [1.29, 1.82) is 0 Å². The van der Waals surface area contributed by atoms with Gasteiger partial charge >= 0.3 is 0 Å². The molecule has 0 saturated carbocycles. The fraction of sp³-hybridized carbons (Fsp3) is 0.364. The van der Waals surface area contributed by atoms with E-state index >= 15 is 0 Å². The highest BCUT2D eigenvalue weighted by atomic mass is 16.2. The highest BCUT2D eigenvalue weighted by Gasteiger charge is 2.43. The summed E-state index contributed by atoms with van der Waals surface area (Å²) in [5.41, 5.74) is 4.50. The Labute approximate surface area is 154 Å². The second kappa shape index (κ2) is 6.69. The lowest BCUT2D eigenvalue weighted by atomic mass is 9.98. The summed E-state index contributed by atoms with van der Waals surface area (Å²) in [4.78, 5) is 29.1. The molecule has 0 aliphatic carbocycles. The fourth-order valence-corrected chi connectivity index (χ4v) is 3.96. The van der Waals surface area contributed by atoms with Crippen LogP contribution in [-0.2, 0) is 22.6 Å². The van der Waals surface area contributed by atoms with Crippen molar-refractivity contribution in [1.82, 2.24) is 4.90 Å². The molecule has 1 unspecified atom stereocenters. The van der Waals surface area contributed by atoms with Crippen molar-refractivity contribution in [2.24, 2.45) is 0 Å². The first-order chi connectivity index (χ1) is 12.5. The Morgan fingerprint density at radius 1 is 0.962 bits per heavy atom. The van der Waals surface area contributed by atoms with Gasteiger partial charge in [-0.25, -0.2) is 4.90 Å². The summed E-state index contributed by atoms with van der Waals surface area (Å²) in [6.45, 7) is 5.82. The number of amides is 2. The molecule has 2 amide bonds. The molecule has 2 aliphatic rings. The van der Waals surface area contributed by atoms with Crippen LogP contribution in [0.1, 0.15) is 42.9 Å². The average molecular weight is 348 g/mol. The molecule has 0 bridgehead atoms. The van der Waals surface area contributed by atoms with Gasteiger partial charge in [0.25, 0.3) is 5.91 Å². The third-order valence-corrected chi connectivity index (χ3v) is 5.54. The lowest BCUT2D eigenvalue weighted by Crippen LogP contribution is -2.44. The van der Waals surface area contributed by atoms with Crippen LogP contribution in [-0.4, -0.2) is 29.3 Å². The van der Waals surface area contributed by atoms with Crippen molar-refractivity contribution in [3.8, 4) is 0 Å². The van der Waals surface area contributed by atoms with E-state index in [1.807, 2.05) is 30.3 Å². The van der Waals surface area contributed by atoms with Crippen LogP contribution in [0.2, 0.25) is 0 Å². The zero-order valence-corrected chi connectivity index (χ0v) is 15.3. The molecule has 2 aromatic carbocycles. The predicted octanol–water partition coefficient (Wildman–Crippen LogP) is 3.50. The molecule has 0 N–H and O–H groups in total. The van der Waals surface area contributed by atoms with Crippen molar-refractivity contribution < 1.29 is 9.59 Å². The first-order valence-corrected chi connectivity index (χ1v) is 9.32. The maximum atomic E-state index is 13.0. The largest absolute Gasteiger partial charge is 0.287 e. The molecule has 4 nitrogen and oxygen atoms in total. The van der Waals surface area contributed by atoms with Gasteiger partial charge in [0.05, 0.1) is 18.2 Å². The normalized spacial score (nSPS) is 20.7. The summed E-state index contributed by atoms with van der Waals surface area (Å²) in [7, 11) is 0. The van der Waals surface area contributed by atoms with Gasteiger partial charge in [-0.2, -0.15) is 0 Å². The van der Waals surface area contributed by atoms with Crippen LogP contribution in [0.5, 0.6) is 0 Å². The Morgan fingerprint density at radius 2 is 1.65 bits per heavy atom. The summed E-state index contributed by atoms with van der Waals surface area (Å²) >= 11 is 0. The summed E-state index contributed by atoms with van der Waals surface area (Å²) < 4.78 is 0. The Morgan fingerprint density at radius 3 is 2.35 bits per heavy atom. The Balaban J connectivity index is 1.54. The van der Waals surface area contributed by atoms with E-state index in [2.05, 4.69) is 36.9 Å². The van der Waals surface area contributed by atoms with Gasteiger partial charge in [0.15, 0.2) is 0 Å². The number of hydrogen-bond acceptors (Lipinski definition) is 3. The van der Waals surface area contributed by atoms with Crippen molar-refractivity contribution in [2.45, 2.75) is 45.2 Å². The highest BCUT2D eigenvalue weighted by Crippen LogP contribution is 2.30. The van der Waals surface area contributed by atoms with Gasteiger partial charge in [-0.05, 0) is 41.2 Å². The predicted molar refractivity (Wildman–Crippen MR) is 102 cm³/mol. The molecular weight excluding hydrogens is 324 g/mol. The maximum absolute atomic E-state index is 13.0. The smallest absolute Gasteiger partial charge is 0.251 e. The molecule has 0 radical (unpaired) electrons. The second-order valence-electron chi connectivity index (χ2n) is 7.52. The van der Waals surface area contributed by atoms with E-state index in [0.717, 1.165) is 19.5 Å². The van der Waals surface area contributed by atoms with Crippen LogP contribution < -0.4 is 4.90 Å². The SMILES string of the molecule is CC(C)c1ccc(N2C(=O)CC(N3CCc4ccccc4C3)C2=O)cc1. The van der Waals surface area contributed by atoms with Crippen molar-refractivity contribution >= 4 is 17.5 Å². The first-order valence-electron chi connectivity index (χ1n) is 9.32. The van der Waals surface area contributed by atoms with Crippen molar-refractivity contribution in [3.63, 3.8) is 0 Å². The Kier molecular flexibility index (Phi) is 4.37. The second-order valence-corrected chi connectivity index (χ2v) is 7.52. The van der Waals surface area contributed by atoms with E-state index in [1.165, 1.54) is 21.6 Å². The number of benzene rings is 2. The number of carbonyl (C=O) groups excluding carboxylic acids is 2. The van der Waals surface area contributed by atoms with E-state index in [1.54, 1.807) is 0 Å². The molecule has 2 heterocycles. The number of anilines is 1. The van der Waals surface area contributed by atoms with Crippen molar-refractivity contribution in [3.05, 3.63) is 65.2 Å². The summed E-state index contributed by atoms with van der Waals surface area (Å²) in [6.07, 6.45) is 1.20. The first kappa shape index (κ1) is 17.0. The summed E-state index contributed by atoms with van der Waals surface area (Å²) in [5, 5.41) is 0. The monoisotopic (exact) mass is 348 g/mol. The lowest BCUT2D eigenvalue weighted by molar-refractivity contribution is -0.123. The van der Waals surface area contributed by atoms with Gasteiger partial charge < -0.3 is 0 Å². The topological polar surface area (TPSA) is 40.6 Å². The molecule has 4 rings (SSSR count). The quantitative estimate of drug-likeness (QED) is 0.797. The van der Waals surface area contributed by atoms with Crippen molar-refractivity contribution in [2.75, 3.05) is 11.4 Å². The molecule has 2 aliphatic heterocycles. The van der Waals surface area contributed by atoms with Crippen LogP contribution in [0, 0.1) is 0 Å². The number of hydrogen-bond donors (Lipinski definition) is 0. The third kappa shape index (κ3) is 2.95. The zero-order chi connectivity index (χ0) is 18.3. The minimum absolute atomic E-state index is 0.0910. The number of fused-ring (bicyclic) bond motifs is 1. The van der Waals surface area contributed by atoms with Gasteiger partial charge in [-0.1, -0.05) is 50.2 Å². The summed E-state index contributed by atoms with van der Waals surface area (Å²) in [6, 6.07) is 15.8. The molecule has 1 atom stereocenters. The standard InChI is InChI=1S/C22H24N2O2/c1-15(2)16-7-9-19(10-8-16)24-21(25)13-20(22(24)26)23-12-11-17-5-3-4-6-18(17)14-23/h3-10,15,20H,11-14H2,1-2H3. The van der Waals surface area contributed by atoms with E-state index in [4.69, 9.17) is 0 Å². The van der Waals surface area contributed by atoms with Gasteiger partial charge in [-0.15, -0.1) is 0 Å². The van der Waals surface area contributed by atoms with Gasteiger partial charge in [0, 0.05) is 13.1 Å². The highest BCUT2D eigenvalue weighted by molar-refractivity contribution is 6.22. The van der Waals surface area contributed by atoms with Crippen LogP contribution >= 0.6 is 0 Å². The van der Waals surface area contributed by atoms with Crippen LogP contribution in [0.25, 0.3) is 0 Å². The number of nitrogens with zero attached hydrogens (tertiary/aromatic N) is 2. The maximum Gasteiger partial charge on any atom is 0.251 e. The van der Waals surface area contributed by atoms with Gasteiger partial charge in [0.1, 0.15) is 0 Å². The average Bonchev–Trinajstić information content (AvgIpc) is 2.95. The van der Waals surface area contributed by atoms with Crippen LogP contribution in [0.4, 0.5) is 5.69 Å². The lowest BCUT2D eigenvalue weighted by Gasteiger charge is -2.32. The summed E-state index contributed by atoms with van der Waals surface area (Å²) in [5.74, 6) is 0.234. The number of imide groups is 1. The molecule has 134 valence electrons. The molecule has 0 spiro atoms. The molecule has 1 fully saturated rings. The number of carbonyl (C=O) groups is 2. The minimum atomic E-state index is -0.347. The molecule has 2 aromatic rings. The van der Waals surface area contributed by atoms with E-state index in [0.29, 0.717) is 11.6 Å². The molecule has 4 heteroatoms. The molecular formula is C22H24N2O2. The third-order valence-electron chi connectivity index (χ3n) is 5.54. The minimum Gasteiger partial charge on any atom is -0.287 e. The molecule has 1 saturated heterocycles. The number of rotatable bonds is 3. The van der Waals surface area contributed by atoms with E-state index in [9.17, 15) is 9.59 Å². The van der Waals surface area contributed by atoms with Crippen LogP contribution in [0.3, 0.4) is 0 Å². The zero-order valence-electron chi connectivity index (χ0n) is 15.3. The Hall–Kier alpha value is -2.46. The van der Waals surface area contributed by atoms with E-state index < -0.39 is 0 Å². The van der Waals surface area contributed by atoms with E-state index in [-0.39, 0.29) is 24.3 Å². The van der Waals surface area contributed by atoms with Gasteiger partial charge in [-0.3, -0.25) is 14.5 Å². The molecule has 26 heavy (non-hydrogen) atoms. The fourth-order valence-electron chi connectivity index (χ4n) is 3.96.